The number of H-pyrrole nitrogens is 1. The maximum atomic E-state index is 12.4. The van der Waals surface area contributed by atoms with Crippen LogP contribution in [0.5, 0.6) is 5.75 Å². The normalized spacial score (nSPS) is 10.6. The third-order valence-electron chi connectivity index (χ3n) is 4.57. The lowest BCUT2D eigenvalue weighted by Crippen LogP contribution is -2.32. The van der Waals surface area contributed by atoms with Gasteiger partial charge in [-0.3, -0.25) is 14.6 Å². The van der Waals surface area contributed by atoms with Crippen LogP contribution in [0.2, 0.25) is 0 Å². The van der Waals surface area contributed by atoms with Crippen molar-refractivity contribution in [3.8, 4) is 17.1 Å². The number of nitrogens with one attached hydrogen (secondary N) is 2. The molecule has 0 saturated heterocycles. The van der Waals surface area contributed by atoms with Gasteiger partial charge >= 0.3 is 0 Å². The smallest absolute Gasteiger partial charge is 0.255 e. The van der Waals surface area contributed by atoms with Crippen molar-refractivity contribution in [1.82, 2.24) is 20.3 Å². The van der Waals surface area contributed by atoms with Crippen molar-refractivity contribution in [3.63, 3.8) is 0 Å². The third kappa shape index (κ3) is 5.07. The van der Waals surface area contributed by atoms with Crippen LogP contribution in [-0.2, 0) is 11.2 Å². The molecule has 0 unspecified atom stereocenters. The molecule has 1 aromatic carbocycles. The molecule has 150 valence electrons. The molecule has 29 heavy (non-hydrogen) atoms. The molecule has 7 nitrogen and oxygen atoms in total. The lowest BCUT2D eigenvalue weighted by atomic mass is 10.1. The second-order valence-electron chi connectivity index (χ2n) is 6.82. The summed E-state index contributed by atoms with van der Waals surface area (Å²) in [6.07, 6.45) is 3.24. The van der Waals surface area contributed by atoms with Gasteiger partial charge in [-0.1, -0.05) is 18.2 Å². The van der Waals surface area contributed by atoms with Crippen LogP contribution in [0, 0.1) is 20.8 Å². The Morgan fingerprint density at radius 1 is 1.14 bits per heavy atom. The summed E-state index contributed by atoms with van der Waals surface area (Å²) in [4.78, 5) is 35.9. The average molecular weight is 392 g/mol. The van der Waals surface area contributed by atoms with Gasteiger partial charge in [-0.05, 0) is 44.0 Å². The van der Waals surface area contributed by atoms with E-state index in [1.54, 1.807) is 25.4 Å². The minimum atomic E-state index is -0.321. The van der Waals surface area contributed by atoms with E-state index in [0.29, 0.717) is 35.8 Å². The summed E-state index contributed by atoms with van der Waals surface area (Å²) in [5.74, 6) is 1.02. The van der Waals surface area contributed by atoms with Gasteiger partial charge in [-0.25, -0.2) is 4.98 Å². The van der Waals surface area contributed by atoms with E-state index in [4.69, 9.17) is 4.74 Å². The van der Waals surface area contributed by atoms with Gasteiger partial charge in [-0.2, -0.15) is 0 Å². The van der Waals surface area contributed by atoms with E-state index in [0.717, 1.165) is 16.9 Å². The molecule has 3 rings (SSSR count). The zero-order chi connectivity index (χ0) is 20.8. The quantitative estimate of drug-likeness (QED) is 0.602. The highest BCUT2D eigenvalue weighted by molar-refractivity contribution is 5.78. The number of aryl methyl sites for hydroxylation is 3. The molecule has 0 aliphatic carbocycles. The van der Waals surface area contributed by atoms with Crippen LogP contribution in [0.4, 0.5) is 0 Å². The Morgan fingerprint density at radius 2 is 1.90 bits per heavy atom. The van der Waals surface area contributed by atoms with Crippen molar-refractivity contribution in [3.05, 3.63) is 75.5 Å². The van der Waals surface area contributed by atoms with E-state index in [9.17, 15) is 9.59 Å². The number of benzene rings is 1. The van der Waals surface area contributed by atoms with E-state index < -0.39 is 0 Å². The molecule has 2 heterocycles. The number of carbonyl (C=O) groups is 1. The average Bonchev–Trinajstić information content (AvgIpc) is 2.70. The standard InChI is InChI=1S/C22H24N4O3/c1-14-6-4-7-15(2)20(14)29-11-10-24-19(27)12-18-16(3)25-21(26-22(18)28)17-8-5-9-23-13-17/h4-9,13H,10-12H2,1-3H3,(H,24,27)(H,25,26,28). The summed E-state index contributed by atoms with van der Waals surface area (Å²) in [6.45, 7) is 6.40. The third-order valence-corrected chi connectivity index (χ3v) is 4.57. The van der Waals surface area contributed by atoms with Crippen molar-refractivity contribution in [2.24, 2.45) is 0 Å². The van der Waals surface area contributed by atoms with Crippen LogP contribution >= 0.6 is 0 Å². The number of hydrogen-bond donors (Lipinski definition) is 2. The van der Waals surface area contributed by atoms with E-state index >= 15 is 0 Å². The summed E-state index contributed by atoms with van der Waals surface area (Å²) in [5, 5.41) is 2.79. The molecule has 3 aromatic rings. The van der Waals surface area contributed by atoms with Crippen molar-refractivity contribution < 1.29 is 9.53 Å². The van der Waals surface area contributed by atoms with Gasteiger partial charge in [0.1, 0.15) is 18.2 Å². The van der Waals surface area contributed by atoms with Crippen LogP contribution < -0.4 is 15.6 Å². The number of nitrogens with zero attached hydrogens (tertiary/aromatic N) is 2. The molecular formula is C22H24N4O3. The number of carbonyl (C=O) groups excluding carboxylic acids is 1. The number of amides is 1. The first-order valence-corrected chi connectivity index (χ1v) is 9.41. The molecule has 0 spiro atoms. The van der Waals surface area contributed by atoms with Gasteiger partial charge in [0.25, 0.3) is 5.56 Å². The highest BCUT2D eigenvalue weighted by atomic mass is 16.5. The second kappa shape index (κ2) is 9.14. The Kier molecular flexibility index (Phi) is 6.39. The highest BCUT2D eigenvalue weighted by Gasteiger charge is 2.13. The summed E-state index contributed by atoms with van der Waals surface area (Å²) in [5.41, 5.74) is 3.38. The number of ether oxygens (including phenoxy) is 1. The summed E-state index contributed by atoms with van der Waals surface area (Å²) >= 11 is 0. The molecule has 0 fully saturated rings. The first-order chi connectivity index (χ1) is 14.0. The Morgan fingerprint density at radius 3 is 2.55 bits per heavy atom. The van der Waals surface area contributed by atoms with Crippen LogP contribution in [0.3, 0.4) is 0 Å². The molecule has 0 aliphatic rings. The number of rotatable bonds is 7. The number of hydrogen-bond acceptors (Lipinski definition) is 5. The fourth-order valence-corrected chi connectivity index (χ4v) is 3.05. The fourth-order valence-electron chi connectivity index (χ4n) is 3.05. The second-order valence-corrected chi connectivity index (χ2v) is 6.82. The van der Waals surface area contributed by atoms with Crippen molar-refractivity contribution in [2.75, 3.05) is 13.2 Å². The number of para-hydroxylation sites is 1. The molecule has 0 radical (unpaired) electrons. The Labute approximate surface area is 169 Å². The van der Waals surface area contributed by atoms with Crippen molar-refractivity contribution in [1.29, 1.82) is 0 Å². The number of pyridine rings is 1. The Hall–Kier alpha value is -3.48. The fraction of sp³-hybridized carbons (Fsp3) is 0.273. The molecule has 2 aromatic heterocycles. The van der Waals surface area contributed by atoms with Gasteiger partial charge in [0.2, 0.25) is 5.91 Å². The zero-order valence-corrected chi connectivity index (χ0v) is 16.8. The summed E-state index contributed by atoms with van der Waals surface area (Å²) in [7, 11) is 0. The van der Waals surface area contributed by atoms with Gasteiger partial charge in [0.15, 0.2) is 0 Å². The van der Waals surface area contributed by atoms with E-state index in [1.165, 1.54) is 0 Å². The van der Waals surface area contributed by atoms with E-state index in [-0.39, 0.29) is 17.9 Å². The van der Waals surface area contributed by atoms with E-state index in [2.05, 4.69) is 20.3 Å². The Balaban J connectivity index is 1.57. The SMILES string of the molecule is Cc1cccc(C)c1OCCNC(=O)Cc1c(C)nc(-c2cccnc2)[nH]c1=O. The lowest BCUT2D eigenvalue weighted by Gasteiger charge is -2.12. The minimum absolute atomic E-state index is 0.0368. The van der Waals surface area contributed by atoms with Gasteiger partial charge in [0, 0.05) is 29.2 Å². The van der Waals surface area contributed by atoms with Gasteiger partial charge in [0.05, 0.1) is 13.0 Å². The van der Waals surface area contributed by atoms with Crippen molar-refractivity contribution in [2.45, 2.75) is 27.2 Å². The largest absolute Gasteiger partial charge is 0.491 e. The van der Waals surface area contributed by atoms with Crippen LogP contribution in [-0.4, -0.2) is 34.0 Å². The molecule has 0 aliphatic heterocycles. The highest BCUT2D eigenvalue weighted by Crippen LogP contribution is 2.21. The molecule has 0 saturated carbocycles. The minimum Gasteiger partial charge on any atom is -0.491 e. The van der Waals surface area contributed by atoms with Crippen LogP contribution in [0.1, 0.15) is 22.4 Å². The Bertz CT molecular complexity index is 1040. The van der Waals surface area contributed by atoms with Crippen LogP contribution in [0.15, 0.2) is 47.5 Å². The number of aromatic nitrogens is 3. The maximum Gasteiger partial charge on any atom is 0.255 e. The summed E-state index contributed by atoms with van der Waals surface area (Å²) in [6, 6.07) is 9.53. The predicted molar refractivity (Wildman–Crippen MR) is 111 cm³/mol. The van der Waals surface area contributed by atoms with Crippen LogP contribution in [0.25, 0.3) is 11.4 Å². The maximum absolute atomic E-state index is 12.4. The first-order valence-electron chi connectivity index (χ1n) is 9.41. The lowest BCUT2D eigenvalue weighted by molar-refractivity contribution is -0.120. The van der Waals surface area contributed by atoms with E-state index in [1.807, 2.05) is 38.1 Å². The monoisotopic (exact) mass is 392 g/mol. The first kappa shape index (κ1) is 20.3. The molecule has 1 amide bonds. The molecular weight excluding hydrogens is 368 g/mol. The topological polar surface area (TPSA) is 97.0 Å². The molecule has 2 N–H and O–H groups in total. The van der Waals surface area contributed by atoms with Crippen molar-refractivity contribution >= 4 is 5.91 Å². The molecule has 0 bridgehead atoms. The summed E-state index contributed by atoms with van der Waals surface area (Å²) < 4.78 is 5.78. The predicted octanol–water partition coefficient (Wildman–Crippen LogP) is 2.49. The number of aromatic amines is 1. The van der Waals surface area contributed by atoms with Gasteiger partial charge in [-0.15, -0.1) is 0 Å². The molecule has 0 atom stereocenters. The zero-order valence-electron chi connectivity index (χ0n) is 16.8. The van der Waals surface area contributed by atoms with Gasteiger partial charge < -0.3 is 15.0 Å². The molecule has 7 heteroatoms.